The van der Waals surface area contributed by atoms with Crippen LogP contribution in [-0.4, -0.2) is 48.3 Å². The van der Waals surface area contributed by atoms with Crippen LogP contribution in [-0.2, 0) is 23.4 Å². The average Bonchev–Trinajstić information content (AvgIpc) is 3.22. The minimum Gasteiger partial charge on any atom is -0.398 e. The van der Waals surface area contributed by atoms with Crippen LogP contribution in [0.3, 0.4) is 0 Å². The van der Waals surface area contributed by atoms with Crippen LogP contribution in [0.1, 0.15) is 41.0 Å². The summed E-state index contributed by atoms with van der Waals surface area (Å²) < 4.78 is 24.3. The summed E-state index contributed by atoms with van der Waals surface area (Å²) in [6.45, 7) is 10.2. The predicted molar refractivity (Wildman–Crippen MR) is 134 cm³/mol. The third-order valence-electron chi connectivity index (χ3n) is 7.20. The van der Waals surface area contributed by atoms with E-state index < -0.39 is 42.5 Å². The smallest absolute Gasteiger partial charge is 0.261 e. The van der Waals surface area contributed by atoms with E-state index in [2.05, 4.69) is 45.0 Å². The van der Waals surface area contributed by atoms with Gasteiger partial charge in [-0.2, -0.15) is 0 Å². The molecule has 0 amide bonds. The standard InChI is InChI=1S/C26H30Cl2O5Si/c1-23(2,3)34(17-12-8-6-9-13-17,18-14-10-7-11-15-18)33-21-20-22(31-24(4,5)30-20)32-25(21)16-19(29)26(25,27)28/h6-15,20-22H,16H2,1-5H3/t20?,21-,22?,25+/m0/s1. The van der Waals surface area contributed by atoms with E-state index in [4.69, 9.17) is 41.8 Å². The fourth-order valence-corrected chi connectivity index (χ4v) is 10.9. The predicted octanol–water partition coefficient (Wildman–Crippen LogP) is 4.32. The second kappa shape index (κ2) is 7.87. The number of Topliss-reactive ketones (excluding diaryl/α,β-unsaturated/α-hetero) is 1. The third kappa shape index (κ3) is 3.38. The molecule has 5 nitrogen and oxygen atoms in total. The molecular formula is C26H30Cl2O5Si. The SMILES string of the molecule is CC1(C)OC2O[C@]3(CC(=O)C3(Cl)Cl)[C@@H](O[Si](c3ccccc3)(c3ccccc3)C(C)(C)C)C2O1. The molecule has 8 heteroatoms. The molecule has 1 saturated carbocycles. The Labute approximate surface area is 211 Å². The first-order valence-corrected chi connectivity index (χ1v) is 14.2. The summed E-state index contributed by atoms with van der Waals surface area (Å²) in [5.74, 6) is -1.15. The Morgan fingerprint density at radius 1 is 0.912 bits per heavy atom. The van der Waals surface area contributed by atoms with Crippen LogP contribution < -0.4 is 10.4 Å². The van der Waals surface area contributed by atoms with Gasteiger partial charge >= 0.3 is 0 Å². The first kappa shape index (κ1) is 24.4. The Morgan fingerprint density at radius 2 is 1.44 bits per heavy atom. The topological polar surface area (TPSA) is 54.0 Å². The fourth-order valence-electron chi connectivity index (χ4n) is 5.62. The van der Waals surface area contributed by atoms with E-state index in [9.17, 15) is 4.79 Å². The molecule has 2 aromatic carbocycles. The zero-order valence-electron chi connectivity index (χ0n) is 20.0. The molecule has 0 N–H and O–H groups in total. The molecule has 0 bridgehead atoms. The average molecular weight is 522 g/mol. The molecule has 2 heterocycles. The van der Waals surface area contributed by atoms with Crippen molar-refractivity contribution in [3.8, 4) is 0 Å². The van der Waals surface area contributed by atoms with E-state index >= 15 is 0 Å². The molecule has 4 atom stereocenters. The normalized spacial score (nSPS) is 32.0. The van der Waals surface area contributed by atoms with Crippen LogP contribution in [0.4, 0.5) is 0 Å². The minimum absolute atomic E-state index is 0.0447. The number of hydrogen-bond donors (Lipinski definition) is 0. The first-order chi connectivity index (χ1) is 15.8. The lowest BCUT2D eigenvalue weighted by Crippen LogP contribution is -2.75. The fraction of sp³-hybridized carbons (Fsp3) is 0.500. The molecule has 34 heavy (non-hydrogen) atoms. The van der Waals surface area contributed by atoms with Crippen molar-refractivity contribution >= 4 is 47.7 Å². The second-order valence-electron chi connectivity index (χ2n) is 10.9. The highest BCUT2D eigenvalue weighted by Gasteiger charge is 2.78. The van der Waals surface area contributed by atoms with Gasteiger partial charge in [-0.15, -0.1) is 0 Å². The molecule has 3 aliphatic rings. The molecule has 2 unspecified atom stereocenters. The Bertz CT molecular complexity index is 1050. The van der Waals surface area contributed by atoms with Gasteiger partial charge in [-0.1, -0.05) is 105 Å². The summed E-state index contributed by atoms with van der Waals surface area (Å²) in [4.78, 5) is 12.5. The van der Waals surface area contributed by atoms with E-state index in [0.29, 0.717) is 0 Å². The van der Waals surface area contributed by atoms with Gasteiger partial charge in [-0.25, -0.2) is 0 Å². The molecular weight excluding hydrogens is 491 g/mol. The summed E-state index contributed by atoms with van der Waals surface area (Å²) in [5, 5.41) is 1.91. The number of ether oxygens (including phenoxy) is 3. The van der Waals surface area contributed by atoms with Gasteiger partial charge in [0.25, 0.3) is 8.32 Å². The molecule has 5 rings (SSSR count). The van der Waals surface area contributed by atoms with Crippen LogP contribution in [0, 0.1) is 0 Å². The molecule has 0 aromatic heterocycles. The molecule has 182 valence electrons. The van der Waals surface area contributed by atoms with Gasteiger partial charge < -0.3 is 18.6 Å². The van der Waals surface area contributed by atoms with Crippen LogP contribution in [0.15, 0.2) is 60.7 Å². The maximum Gasteiger partial charge on any atom is 0.261 e. The molecule has 0 radical (unpaired) electrons. The van der Waals surface area contributed by atoms with E-state index in [1.807, 2.05) is 50.2 Å². The maximum atomic E-state index is 12.5. The number of carbonyl (C=O) groups is 1. The molecule has 3 fully saturated rings. The monoisotopic (exact) mass is 520 g/mol. The number of fused-ring (bicyclic) bond motifs is 1. The molecule has 1 spiro atoms. The van der Waals surface area contributed by atoms with Gasteiger partial charge in [0.15, 0.2) is 17.9 Å². The van der Waals surface area contributed by atoms with Gasteiger partial charge in [-0.3, -0.25) is 4.79 Å². The van der Waals surface area contributed by atoms with Crippen molar-refractivity contribution in [3.05, 3.63) is 60.7 Å². The largest absolute Gasteiger partial charge is 0.398 e. The lowest BCUT2D eigenvalue weighted by Gasteiger charge is -2.54. The van der Waals surface area contributed by atoms with Crippen molar-refractivity contribution in [2.75, 3.05) is 0 Å². The number of benzene rings is 2. The van der Waals surface area contributed by atoms with Crippen molar-refractivity contribution in [1.29, 1.82) is 0 Å². The van der Waals surface area contributed by atoms with Crippen molar-refractivity contribution in [3.63, 3.8) is 0 Å². The number of carbonyl (C=O) groups excluding carboxylic acids is 1. The lowest BCUT2D eigenvalue weighted by molar-refractivity contribution is -0.249. The molecule has 1 aliphatic carbocycles. The van der Waals surface area contributed by atoms with Gasteiger partial charge in [0, 0.05) is 6.42 Å². The minimum atomic E-state index is -3.02. The van der Waals surface area contributed by atoms with Gasteiger partial charge in [0.1, 0.15) is 17.8 Å². The maximum absolute atomic E-state index is 12.5. The highest BCUT2D eigenvalue weighted by atomic mass is 35.5. The lowest BCUT2D eigenvalue weighted by atomic mass is 9.73. The number of halogens is 2. The van der Waals surface area contributed by atoms with E-state index in [-0.39, 0.29) is 17.2 Å². The van der Waals surface area contributed by atoms with Crippen LogP contribution in [0.25, 0.3) is 0 Å². The zero-order chi connectivity index (χ0) is 24.6. The number of alkyl halides is 2. The third-order valence-corrected chi connectivity index (χ3v) is 13.3. The molecule has 2 saturated heterocycles. The van der Waals surface area contributed by atoms with Crippen LogP contribution in [0.2, 0.25) is 5.04 Å². The number of ketones is 1. The number of hydrogen-bond acceptors (Lipinski definition) is 5. The quantitative estimate of drug-likeness (QED) is 0.443. The van der Waals surface area contributed by atoms with Crippen molar-refractivity contribution < 1.29 is 23.4 Å². The van der Waals surface area contributed by atoms with Crippen LogP contribution in [0.5, 0.6) is 0 Å². The Balaban J connectivity index is 1.70. The summed E-state index contributed by atoms with van der Waals surface area (Å²) in [5.41, 5.74) is -1.26. The highest BCUT2D eigenvalue weighted by molar-refractivity contribution is 6.99. The van der Waals surface area contributed by atoms with Crippen molar-refractivity contribution in [2.24, 2.45) is 0 Å². The van der Waals surface area contributed by atoms with Gasteiger partial charge in [0.2, 0.25) is 4.33 Å². The van der Waals surface area contributed by atoms with Gasteiger partial charge in [-0.05, 0) is 29.3 Å². The summed E-state index contributed by atoms with van der Waals surface area (Å²) in [6, 6.07) is 20.5. The van der Waals surface area contributed by atoms with E-state index in [1.165, 1.54) is 0 Å². The Morgan fingerprint density at radius 3 is 1.88 bits per heavy atom. The first-order valence-electron chi connectivity index (χ1n) is 11.6. The molecule has 2 aliphatic heterocycles. The van der Waals surface area contributed by atoms with E-state index in [0.717, 1.165) is 10.4 Å². The Kier molecular flexibility index (Phi) is 5.66. The summed E-state index contributed by atoms with van der Waals surface area (Å²) in [7, 11) is -3.02. The van der Waals surface area contributed by atoms with E-state index in [1.54, 1.807) is 0 Å². The van der Waals surface area contributed by atoms with Crippen molar-refractivity contribution in [2.45, 2.75) is 80.3 Å². The molecule has 2 aromatic rings. The Hall–Kier alpha value is -1.25. The van der Waals surface area contributed by atoms with Gasteiger partial charge in [0.05, 0.1) is 0 Å². The van der Waals surface area contributed by atoms with Crippen LogP contribution >= 0.6 is 23.2 Å². The summed E-state index contributed by atoms with van der Waals surface area (Å²) >= 11 is 13.3. The second-order valence-corrected chi connectivity index (χ2v) is 16.4. The summed E-state index contributed by atoms with van der Waals surface area (Å²) in [6.07, 6.45) is -1.98. The highest BCUT2D eigenvalue weighted by Crippen LogP contribution is 2.60. The zero-order valence-corrected chi connectivity index (χ0v) is 22.5. The van der Waals surface area contributed by atoms with Crippen molar-refractivity contribution in [1.82, 2.24) is 0 Å². The number of rotatable bonds is 4.